The lowest BCUT2D eigenvalue weighted by molar-refractivity contribution is 0.305. The van der Waals surface area contributed by atoms with Gasteiger partial charge >= 0.3 is 0 Å². The quantitative estimate of drug-likeness (QED) is 0.662. The maximum Gasteiger partial charge on any atom is 0.139 e. The normalized spacial score (nSPS) is 11.2. The van der Waals surface area contributed by atoms with Gasteiger partial charge < -0.3 is 10.2 Å². The van der Waals surface area contributed by atoms with Gasteiger partial charge in [-0.2, -0.15) is 0 Å². The van der Waals surface area contributed by atoms with E-state index in [-0.39, 0.29) is 5.41 Å². The second-order valence-electron chi connectivity index (χ2n) is 5.76. The fourth-order valence-corrected chi connectivity index (χ4v) is 1.81. The highest BCUT2D eigenvalue weighted by molar-refractivity contribution is 5.35. The van der Waals surface area contributed by atoms with E-state index in [0.717, 1.165) is 11.3 Å². The van der Waals surface area contributed by atoms with Gasteiger partial charge in [0.1, 0.15) is 18.2 Å². The van der Waals surface area contributed by atoms with Crippen LogP contribution >= 0.6 is 0 Å². The first kappa shape index (κ1) is 14.3. The molecule has 0 aliphatic rings. The van der Waals surface area contributed by atoms with Gasteiger partial charge in [0, 0.05) is 11.8 Å². The number of nitrogens with one attached hydrogen (secondary N) is 1. The molecule has 3 N–H and O–H groups in total. The number of nitrogens with zero attached hydrogens (tertiary/aromatic N) is 1. The molecule has 1 aromatic heterocycles. The van der Waals surface area contributed by atoms with E-state index in [1.165, 1.54) is 5.56 Å². The van der Waals surface area contributed by atoms with Crippen LogP contribution in [0, 0.1) is 0 Å². The van der Waals surface area contributed by atoms with Crippen LogP contribution in [0.4, 0.5) is 5.82 Å². The molecule has 2 rings (SSSR count). The second-order valence-corrected chi connectivity index (χ2v) is 5.76. The Kier molecular flexibility index (Phi) is 4.25. The number of pyridine rings is 1. The van der Waals surface area contributed by atoms with Crippen molar-refractivity contribution in [1.29, 1.82) is 0 Å². The molecule has 106 valence electrons. The lowest BCUT2D eigenvalue weighted by atomic mass is 9.87. The van der Waals surface area contributed by atoms with E-state index in [1.807, 2.05) is 24.3 Å². The van der Waals surface area contributed by atoms with Crippen LogP contribution in [-0.2, 0) is 12.0 Å². The Hall–Kier alpha value is -2.07. The SMILES string of the molecule is CC(C)(C)c1cccc(OCc2ccc(NN)nc2)c1. The van der Waals surface area contributed by atoms with Gasteiger partial charge in [-0.05, 0) is 29.2 Å². The van der Waals surface area contributed by atoms with E-state index >= 15 is 0 Å². The van der Waals surface area contributed by atoms with Crippen molar-refractivity contribution in [3.8, 4) is 5.75 Å². The summed E-state index contributed by atoms with van der Waals surface area (Å²) in [7, 11) is 0. The summed E-state index contributed by atoms with van der Waals surface area (Å²) in [5.74, 6) is 6.79. The van der Waals surface area contributed by atoms with Crippen molar-refractivity contribution in [2.45, 2.75) is 32.8 Å². The number of aromatic nitrogens is 1. The van der Waals surface area contributed by atoms with Crippen molar-refractivity contribution < 1.29 is 4.74 Å². The van der Waals surface area contributed by atoms with Crippen LogP contribution in [0.3, 0.4) is 0 Å². The summed E-state index contributed by atoms with van der Waals surface area (Å²) in [6, 6.07) is 12.0. The summed E-state index contributed by atoms with van der Waals surface area (Å²) in [6.45, 7) is 7.06. The number of rotatable bonds is 4. The fraction of sp³-hybridized carbons (Fsp3) is 0.312. The molecule has 4 nitrogen and oxygen atoms in total. The highest BCUT2D eigenvalue weighted by Crippen LogP contribution is 2.25. The molecule has 0 saturated carbocycles. The Morgan fingerprint density at radius 1 is 1.20 bits per heavy atom. The minimum atomic E-state index is 0.120. The van der Waals surface area contributed by atoms with Crippen LogP contribution < -0.4 is 16.0 Å². The molecule has 0 aliphatic carbocycles. The molecule has 0 spiro atoms. The van der Waals surface area contributed by atoms with Crippen molar-refractivity contribution in [2.24, 2.45) is 5.84 Å². The van der Waals surface area contributed by atoms with Crippen molar-refractivity contribution in [2.75, 3.05) is 5.43 Å². The maximum absolute atomic E-state index is 5.81. The summed E-state index contributed by atoms with van der Waals surface area (Å²) >= 11 is 0. The van der Waals surface area contributed by atoms with Crippen LogP contribution in [0.5, 0.6) is 5.75 Å². The number of benzene rings is 1. The molecule has 0 bridgehead atoms. The molecule has 1 aromatic carbocycles. The van der Waals surface area contributed by atoms with Crippen molar-refractivity contribution in [1.82, 2.24) is 4.98 Å². The Labute approximate surface area is 120 Å². The molecule has 0 radical (unpaired) electrons. The van der Waals surface area contributed by atoms with Crippen molar-refractivity contribution in [3.63, 3.8) is 0 Å². The molecule has 1 heterocycles. The zero-order valence-corrected chi connectivity index (χ0v) is 12.2. The number of hydrogen-bond donors (Lipinski definition) is 2. The first-order chi connectivity index (χ1) is 9.49. The molecule has 0 unspecified atom stereocenters. The zero-order valence-electron chi connectivity index (χ0n) is 12.2. The van der Waals surface area contributed by atoms with Crippen LogP contribution in [-0.4, -0.2) is 4.98 Å². The second kappa shape index (κ2) is 5.92. The lowest BCUT2D eigenvalue weighted by Crippen LogP contribution is -2.11. The molecule has 0 amide bonds. The van der Waals surface area contributed by atoms with E-state index < -0.39 is 0 Å². The number of nitrogens with two attached hydrogens (primary N) is 1. The Balaban J connectivity index is 2.03. The lowest BCUT2D eigenvalue weighted by Gasteiger charge is -2.19. The number of hydrazine groups is 1. The van der Waals surface area contributed by atoms with E-state index in [0.29, 0.717) is 12.4 Å². The molecule has 4 heteroatoms. The van der Waals surface area contributed by atoms with Crippen molar-refractivity contribution >= 4 is 5.82 Å². The van der Waals surface area contributed by atoms with Crippen LogP contribution in [0.2, 0.25) is 0 Å². The smallest absolute Gasteiger partial charge is 0.139 e. The fourth-order valence-electron chi connectivity index (χ4n) is 1.81. The summed E-state index contributed by atoms with van der Waals surface area (Å²) in [6.07, 6.45) is 1.75. The monoisotopic (exact) mass is 271 g/mol. The largest absolute Gasteiger partial charge is 0.489 e. The van der Waals surface area contributed by atoms with Gasteiger partial charge in [-0.15, -0.1) is 0 Å². The topological polar surface area (TPSA) is 60.2 Å². The minimum Gasteiger partial charge on any atom is -0.489 e. The molecule has 2 aromatic rings. The molecule has 0 aliphatic heterocycles. The maximum atomic E-state index is 5.81. The summed E-state index contributed by atoms with van der Waals surface area (Å²) in [4.78, 5) is 4.15. The number of nitrogen functional groups attached to an aromatic ring is 1. The van der Waals surface area contributed by atoms with Gasteiger partial charge in [0.25, 0.3) is 0 Å². The Morgan fingerprint density at radius 2 is 2.00 bits per heavy atom. The van der Waals surface area contributed by atoms with E-state index in [1.54, 1.807) is 6.20 Å². The van der Waals surface area contributed by atoms with Crippen LogP contribution in [0.1, 0.15) is 31.9 Å². The Morgan fingerprint density at radius 3 is 2.60 bits per heavy atom. The highest BCUT2D eigenvalue weighted by atomic mass is 16.5. The van der Waals surface area contributed by atoms with E-state index in [4.69, 9.17) is 10.6 Å². The zero-order chi connectivity index (χ0) is 14.6. The third-order valence-corrected chi connectivity index (χ3v) is 3.08. The highest BCUT2D eigenvalue weighted by Gasteiger charge is 2.13. The number of ether oxygens (including phenoxy) is 1. The van der Waals surface area contributed by atoms with Gasteiger partial charge in [0.2, 0.25) is 0 Å². The van der Waals surface area contributed by atoms with Crippen LogP contribution in [0.25, 0.3) is 0 Å². The van der Waals surface area contributed by atoms with Gasteiger partial charge in [0.05, 0.1) is 0 Å². The molecule has 20 heavy (non-hydrogen) atoms. The predicted molar refractivity (Wildman–Crippen MR) is 81.5 cm³/mol. The van der Waals surface area contributed by atoms with Gasteiger partial charge in [-0.3, -0.25) is 0 Å². The first-order valence-corrected chi connectivity index (χ1v) is 6.64. The first-order valence-electron chi connectivity index (χ1n) is 6.64. The van der Waals surface area contributed by atoms with Gasteiger partial charge in [-0.1, -0.05) is 39.0 Å². The third-order valence-electron chi connectivity index (χ3n) is 3.08. The van der Waals surface area contributed by atoms with E-state index in [9.17, 15) is 0 Å². The number of hydrogen-bond acceptors (Lipinski definition) is 4. The molecule has 0 saturated heterocycles. The summed E-state index contributed by atoms with van der Waals surface area (Å²) < 4.78 is 5.81. The third kappa shape index (κ3) is 3.71. The standard InChI is InChI=1S/C16H21N3O/c1-16(2,3)13-5-4-6-14(9-13)20-11-12-7-8-15(19-17)18-10-12/h4-10H,11,17H2,1-3H3,(H,18,19). The molecular weight excluding hydrogens is 250 g/mol. The molecule has 0 atom stereocenters. The summed E-state index contributed by atoms with van der Waals surface area (Å²) in [5, 5.41) is 0. The Bertz CT molecular complexity index is 559. The van der Waals surface area contributed by atoms with Crippen LogP contribution in [0.15, 0.2) is 42.6 Å². The average molecular weight is 271 g/mol. The molecular formula is C16H21N3O. The summed E-state index contributed by atoms with van der Waals surface area (Å²) in [5.41, 5.74) is 4.89. The molecule has 0 fully saturated rings. The number of anilines is 1. The average Bonchev–Trinajstić information content (AvgIpc) is 2.45. The minimum absolute atomic E-state index is 0.120. The van der Waals surface area contributed by atoms with Crippen molar-refractivity contribution in [3.05, 3.63) is 53.7 Å². The predicted octanol–water partition coefficient (Wildman–Crippen LogP) is 3.24. The van der Waals surface area contributed by atoms with Gasteiger partial charge in [0.15, 0.2) is 0 Å². The van der Waals surface area contributed by atoms with Gasteiger partial charge in [-0.25, -0.2) is 10.8 Å². The van der Waals surface area contributed by atoms with E-state index in [2.05, 4.69) is 43.3 Å².